The normalized spacial score (nSPS) is 23.5. The van der Waals surface area contributed by atoms with Crippen LogP contribution in [0.5, 0.6) is 0 Å². The molecule has 1 aromatic heterocycles. The number of piperidine rings is 1. The Hall–Kier alpha value is -2.23. The van der Waals surface area contributed by atoms with Gasteiger partial charge in [-0.2, -0.15) is 18.2 Å². The van der Waals surface area contributed by atoms with Crippen LogP contribution in [0.25, 0.3) is 10.9 Å². The molecular weight excluding hydrogens is 417 g/mol. The molecule has 1 unspecified atom stereocenters. The molecule has 2 saturated heterocycles. The predicted octanol–water partition coefficient (Wildman–Crippen LogP) is 4.58. The largest absolute Gasteiger partial charge is 0.401 e. The fourth-order valence-corrected chi connectivity index (χ4v) is 4.62. The van der Waals surface area contributed by atoms with E-state index in [1.807, 2.05) is 0 Å². The smallest absolute Gasteiger partial charge is 0.369 e. The van der Waals surface area contributed by atoms with E-state index in [2.05, 4.69) is 25.5 Å². The van der Waals surface area contributed by atoms with Crippen LogP contribution in [0.3, 0.4) is 0 Å². The fourth-order valence-electron chi connectivity index (χ4n) is 4.62. The topological polar surface area (TPSA) is 53.1 Å². The summed E-state index contributed by atoms with van der Waals surface area (Å²) in [5, 5.41) is 5.78. The van der Waals surface area contributed by atoms with Crippen molar-refractivity contribution in [1.82, 2.24) is 15.3 Å². The lowest BCUT2D eigenvalue weighted by atomic mass is 10.0. The number of nitrogens with one attached hydrogen (secondary N) is 2. The Morgan fingerprint density at radius 2 is 1.74 bits per heavy atom. The molecule has 170 valence electrons. The summed E-state index contributed by atoms with van der Waals surface area (Å²) < 4.78 is 65.0. The summed E-state index contributed by atoms with van der Waals surface area (Å²) in [6.07, 6.45) is -1.21. The summed E-state index contributed by atoms with van der Waals surface area (Å²) in [6.45, 7) is -0.330. The number of hydrogen-bond donors (Lipinski definition) is 2. The maximum absolute atomic E-state index is 14.5. The molecule has 0 aliphatic carbocycles. The highest BCUT2D eigenvalue weighted by atomic mass is 19.4. The first-order chi connectivity index (χ1) is 14.8. The second-order valence-electron chi connectivity index (χ2n) is 8.29. The summed E-state index contributed by atoms with van der Waals surface area (Å²) in [4.78, 5) is 11.2. The zero-order valence-corrected chi connectivity index (χ0v) is 17.1. The molecule has 2 N–H and O–H groups in total. The summed E-state index contributed by atoms with van der Waals surface area (Å²) >= 11 is 0. The molecule has 0 amide bonds. The quantitative estimate of drug-likeness (QED) is 0.462. The number of hydrogen-bond acceptors (Lipinski definition) is 5. The van der Waals surface area contributed by atoms with Crippen LogP contribution in [0.15, 0.2) is 18.2 Å². The summed E-state index contributed by atoms with van der Waals surface area (Å²) in [5.74, 6) is 0.402. The van der Waals surface area contributed by atoms with Crippen molar-refractivity contribution < 1.29 is 22.0 Å². The number of anilines is 2. The van der Waals surface area contributed by atoms with Gasteiger partial charge >= 0.3 is 6.18 Å². The lowest BCUT2D eigenvalue weighted by Gasteiger charge is -2.36. The van der Waals surface area contributed by atoms with Gasteiger partial charge in [0.2, 0.25) is 5.95 Å². The number of aromatic nitrogens is 2. The minimum absolute atomic E-state index is 0.0484. The van der Waals surface area contributed by atoms with E-state index < -0.39 is 24.7 Å². The summed E-state index contributed by atoms with van der Waals surface area (Å²) in [7, 11) is 0. The van der Waals surface area contributed by atoms with Crippen LogP contribution in [-0.4, -0.2) is 54.0 Å². The van der Waals surface area contributed by atoms with E-state index in [0.29, 0.717) is 49.5 Å². The molecule has 3 heterocycles. The van der Waals surface area contributed by atoms with Crippen molar-refractivity contribution >= 4 is 22.7 Å². The second kappa shape index (κ2) is 9.10. The van der Waals surface area contributed by atoms with Crippen LogP contribution in [0, 0.1) is 5.82 Å². The van der Waals surface area contributed by atoms with Crippen molar-refractivity contribution in [2.45, 2.75) is 63.0 Å². The lowest BCUT2D eigenvalue weighted by molar-refractivity contribution is -0.124. The van der Waals surface area contributed by atoms with E-state index in [9.17, 15) is 22.0 Å². The Morgan fingerprint density at radius 1 is 1.03 bits per heavy atom. The molecule has 2 aliphatic rings. The molecule has 4 rings (SSSR count). The molecule has 0 radical (unpaired) electrons. The van der Waals surface area contributed by atoms with E-state index in [4.69, 9.17) is 0 Å². The number of alkyl halides is 4. The van der Waals surface area contributed by atoms with Crippen molar-refractivity contribution in [2.75, 3.05) is 29.9 Å². The van der Waals surface area contributed by atoms with Gasteiger partial charge < -0.3 is 15.5 Å². The van der Waals surface area contributed by atoms with Crippen LogP contribution < -0.4 is 15.5 Å². The van der Waals surface area contributed by atoms with Gasteiger partial charge in [-0.15, -0.1) is 0 Å². The van der Waals surface area contributed by atoms with Crippen molar-refractivity contribution in [1.29, 1.82) is 0 Å². The Balaban J connectivity index is 1.46. The van der Waals surface area contributed by atoms with Gasteiger partial charge in [0.15, 0.2) is 0 Å². The zero-order valence-electron chi connectivity index (χ0n) is 17.1. The Morgan fingerprint density at radius 3 is 2.45 bits per heavy atom. The van der Waals surface area contributed by atoms with Gasteiger partial charge in [-0.1, -0.05) is 6.07 Å². The van der Waals surface area contributed by atoms with E-state index in [1.165, 1.54) is 6.07 Å². The SMILES string of the molecule is Fc1cccc2nc(N3[C@@H]4CC[C@H]3CC(F)C4)nc(NCCCCNCC(F)(F)F)c12. The average Bonchev–Trinajstić information content (AvgIpc) is 2.97. The number of rotatable bonds is 8. The van der Waals surface area contributed by atoms with Gasteiger partial charge in [0, 0.05) is 18.6 Å². The molecule has 1 aromatic carbocycles. The molecule has 2 aromatic rings. The molecule has 2 fully saturated rings. The van der Waals surface area contributed by atoms with Crippen LogP contribution in [0.4, 0.5) is 33.7 Å². The Bertz CT molecular complexity index is 892. The molecule has 5 nitrogen and oxygen atoms in total. The van der Waals surface area contributed by atoms with Crippen molar-refractivity contribution in [3.8, 4) is 0 Å². The van der Waals surface area contributed by atoms with Gasteiger partial charge in [-0.05, 0) is 57.2 Å². The molecular formula is C21H26F5N5. The monoisotopic (exact) mass is 443 g/mol. The highest BCUT2D eigenvalue weighted by Gasteiger charge is 2.42. The first-order valence-electron chi connectivity index (χ1n) is 10.7. The molecule has 2 bridgehead atoms. The van der Waals surface area contributed by atoms with Crippen LogP contribution in [0.2, 0.25) is 0 Å². The van der Waals surface area contributed by atoms with E-state index >= 15 is 0 Å². The minimum Gasteiger partial charge on any atom is -0.369 e. The lowest BCUT2D eigenvalue weighted by Crippen LogP contribution is -2.44. The van der Waals surface area contributed by atoms with Crippen LogP contribution in [0.1, 0.15) is 38.5 Å². The predicted molar refractivity (Wildman–Crippen MR) is 110 cm³/mol. The third-order valence-electron chi connectivity index (χ3n) is 5.97. The number of unbranched alkanes of at least 4 members (excludes halogenated alkanes) is 1. The molecule has 2 aliphatic heterocycles. The highest BCUT2D eigenvalue weighted by Crippen LogP contribution is 2.40. The third-order valence-corrected chi connectivity index (χ3v) is 5.97. The van der Waals surface area contributed by atoms with Gasteiger partial charge in [0.1, 0.15) is 17.8 Å². The summed E-state index contributed by atoms with van der Waals surface area (Å²) in [5.41, 5.74) is 0.473. The molecule has 31 heavy (non-hydrogen) atoms. The van der Waals surface area contributed by atoms with Gasteiger partial charge in [-0.25, -0.2) is 13.8 Å². The molecule has 0 spiro atoms. The van der Waals surface area contributed by atoms with Gasteiger partial charge in [-0.3, -0.25) is 0 Å². The van der Waals surface area contributed by atoms with E-state index in [0.717, 1.165) is 12.8 Å². The van der Waals surface area contributed by atoms with Gasteiger partial charge in [0.25, 0.3) is 0 Å². The Labute approximate surface area is 177 Å². The number of halogens is 5. The standard InChI is InChI=1S/C21H26F5N5/c22-13-10-14-6-7-15(11-13)31(14)20-29-17-5-3-4-16(23)18(17)19(30-20)28-9-2-1-8-27-12-21(24,25)26/h3-5,13-15,27H,1-2,6-12H2,(H,28,29,30)/t13?,14-,15+. The highest BCUT2D eigenvalue weighted by molar-refractivity contribution is 5.90. The third kappa shape index (κ3) is 5.16. The molecule has 3 atom stereocenters. The molecule has 10 heteroatoms. The van der Waals surface area contributed by atoms with E-state index in [-0.39, 0.29) is 24.0 Å². The molecule has 0 saturated carbocycles. The second-order valence-corrected chi connectivity index (χ2v) is 8.29. The van der Waals surface area contributed by atoms with Crippen molar-refractivity contribution in [2.24, 2.45) is 0 Å². The minimum atomic E-state index is -4.22. The number of fused-ring (bicyclic) bond motifs is 3. The fraction of sp³-hybridized carbons (Fsp3) is 0.619. The number of benzene rings is 1. The number of nitrogens with zero attached hydrogens (tertiary/aromatic N) is 3. The van der Waals surface area contributed by atoms with Crippen molar-refractivity contribution in [3.05, 3.63) is 24.0 Å². The first-order valence-corrected chi connectivity index (χ1v) is 10.7. The van der Waals surface area contributed by atoms with Crippen LogP contribution in [-0.2, 0) is 0 Å². The maximum Gasteiger partial charge on any atom is 0.401 e. The zero-order chi connectivity index (χ0) is 22.0. The van der Waals surface area contributed by atoms with Gasteiger partial charge in [0.05, 0.1) is 17.4 Å². The van der Waals surface area contributed by atoms with Crippen molar-refractivity contribution in [3.63, 3.8) is 0 Å². The first kappa shape index (κ1) is 22.0. The average molecular weight is 443 g/mol. The maximum atomic E-state index is 14.5. The summed E-state index contributed by atoms with van der Waals surface area (Å²) in [6, 6.07) is 4.75. The van der Waals surface area contributed by atoms with Crippen LogP contribution >= 0.6 is 0 Å². The van der Waals surface area contributed by atoms with E-state index in [1.54, 1.807) is 12.1 Å². The Kier molecular flexibility index (Phi) is 6.45.